The number of hydrogen-bond acceptors (Lipinski definition) is 2. The summed E-state index contributed by atoms with van der Waals surface area (Å²) in [4.78, 5) is 11.5. The Morgan fingerprint density at radius 2 is 2.10 bits per heavy atom. The van der Waals surface area contributed by atoms with Crippen molar-refractivity contribution in [2.24, 2.45) is 5.92 Å². The van der Waals surface area contributed by atoms with Crippen molar-refractivity contribution in [2.45, 2.75) is 26.9 Å². The lowest BCUT2D eigenvalue weighted by atomic mass is 10.1. The van der Waals surface area contributed by atoms with E-state index in [1.165, 1.54) is 10.9 Å². The van der Waals surface area contributed by atoms with Gasteiger partial charge >= 0.3 is 0 Å². The van der Waals surface area contributed by atoms with Crippen molar-refractivity contribution < 1.29 is 4.79 Å². The quantitative estimate of drug-likeness (QED) is 0.847. The molecule has 2 N–H and O–H groups in total. The largest absolute Gasteiger partial charge is 0.358 e. The Morgan fingerprint density at radius 1 is 1.30 bits per heavy atom. The summed E-state index contributed by atoms with van der Waals surface area (Å²) in [6, 6.07) is 8.46. The van der Waals surface area contributed by atoms with E-state index in [1.54, 1.807) is 7.05 Å². The monoisotopic (exact) mass is 273 g/mol. The van der Waals surface area contributed by atoms with Gasteiger partial charge in [0.2, 0.25) is 5.91 Å². The topological polar surface area (TPSA) is 46.1 Å². The van der Waals surface area contributed by atoms with Gasteiger partial charge in [0.25, 0.3) is 0 Å². The molecule has 1 aromatic heterocycles. The fourth-order valence-corrected chi connectivity index (χ4v) is 2.22. The molecule has 2 rings (SSSR count). The van der Waals surface area contributed by atoms with Gasteiger partial charge in [-0.15, -0.1) is 0 Å². The van der Waals surface area contributed by atoms with Crippen molar-refractivity contribution in [1.29, 1.82) is 0 Å². The van der Waals surface area contributed by atoms with Crippen molar-refractivity contribution in [3.05, 3.63) is 36.0 Å². The molecule has 0 aliphatic carbocycles. The highest BCUT2D eigenvalue weighted by Crippen LogP contribution is 2.17. The van der Waals surface area contributed by atoms with Crippen LogP contribution >= 0.6 is 0 Å². The van der Waals surface area contributed by atoms with E-state index in [4.69, 9.17) is 0 Å². The summed E-state index contributed by atoms with van der Waals surface area (Å²) in [7, 11) is 1.66. The second-order valence-corrected chi connectivity index (χ2v) is 5.53. The maximum absolute atomic E-state index is 11.5. The molecule has 1 heterocycles. The predicted octanol–water partition coefficient (Wildman–Crippen LogP) is 2.13. The second kappa shape index (κ2) is 6.57. The first-order valence-electron chi connectivity index (χ1n) is 7.09. The minimum absolute atomic E-state index is 0.0193. The Bertz CT molecular complexity index is 586. The number of hydrogen-bond donors (Lipinski definition) is 2. The minimum Gasteiger partial charge on any atom is -0.358 e. The standard InChI is InChI=1S/C16H23N3O/c1-12(2)9-18-10-13-4-5-14-6-7-19(15(14)8-13)11-16(20)17-3/h4-8,12,18H,9-11H2,1-3H3,(H,17,20). The Kier molecular flexibility index (Phi) is 4.79. The number of nitrogens with one attached hydrogen (secondary N) is 2. The van der Waals surface area contributed by atoms with Crippen molar-refractivity contribution >= 4 is 16.8 Å². The van der Waals surface area contributed by atoms with Gasteiger partial charge in [-0.2, -0.15) is 0 Å². The molecular weight excluding hydrogens is 250 g/mol. The molecule has 0 atom stereocenters. The number of carbonyl (C=O) groups is 1. The first kappa shape index (κ1) is 14.6. The molecule has 4 nitrogen and oxygen atoms in total. The van der Waals surface area contributed by atoms with Gasteiger partial charge in [-0.05, 0) is 35.5 Å². The molecule has 0 bridgehead atoms. The highest BCUT2D eigenvalue weighted by atomic mass is 16.1. The predicted molar refractivity (Wildman–Crippen MR) is 82.5 cm³/mol. The van der Waals surface area contributed by atoms with E-state index < -0.39 is 0 Å². The number of benzene rings is 1. The van der Waals surface area contributed by atoms with Crippen LogP contribution in [0.4, 0.5) is 0 Å². The SMILES string of the molecule is CNC(=O)Cn1ccc2ccc(CNCC(C)C)cc21. The van der Waals surface area contributed by atoms with Gasteiger partial charge < -0.3 is 15.2 Å². The van der Waals surface area contributed by atoms with Crippen LogP contribution in [-0.4, -0.2) is 24.1 Å². The average molecular weight is 273 g/mol. The Balaban J connectivity index is 2.14. The molecule has 0 aliphatic heterocycles. The molecule has 0 saturated heterocycles. The van der Waals surface area contributed by atoms with Gasteiger partial charge in [0, 0.05) is 25.3 Å². The minimum atomic E-state index is 0.0193. The summed E-state index contributed by atoms with van der Waals surface area (Å²) in [5.41, 5.74) is 2.35. The van der Waals surface area contributed by atoms with E-state index in [2.05, 4.69) is 42.7 Å². The van der Waals surface area contributed by atoms with E-state index in [9.17, 15) is 4.79 Å². The lowest BCUT2D eigenvalue weighted by Gasteiger charge is -2.09. The summed E-state index contributed by atoms with van der Waals surface area (Å²) in [6.45, 7) is 6.63. The fourth-order valence-electron chi connectivity index (χ4n) is 2.22. The van der Waals surface area contributed by atoms with Crippen LogP contribution in [0, 0.1) is 5.92 Å². The molecule has 4 heteroatoms. The van der Waals surface area contributed by atoms with Crippen molar-refractivity contribution in [1.82, 2.24) is 15.2 Å². The molecule has 1 aromatic carbocycles. The first-order chi connectivity index (χ1) is 9.60. The zero-order chi connectivity index (χ0) is 14.5. The van der Waals surface area contributed by atoms with Gasteiger partial charge in [-0.3, -0.25) is 4.79 Å². The third-order valence-electron chi connectivity index (χ3n) is 3.31. The van der Waals surface area contributed by atoms with Gasteiger partial charge in [0.15, 0.2) is 0 Å². The van der Waals surface area contributed by atoms with Gasteiger partial charge in [0.1, 0.15) is 6.54 Å². The first-order valence-corrected chi connectivity index (χ1v) is 7.09. The molecule has 2 aromatic rings. The van der Waals surface area contributed by atoms with E-state index in [-0.39, 0.29) is 5.91 Å². The molecule has 0 aliphatic rings. The summed E-state index contributed by atoms with van der Waals surface area (Å²) in [6.07, 6.45) is 1.96. The zero-order valence-electron chi connectivity index (χ0n) is 12.4. The van der Waals surface area contributed by atoms with Crippen LogP contribution in [0.1, 0.15) is 19.4 Å². The maximum atomic E-state index is 11.5. The number of rotatable bonds is 6. The second-order valence-electron chi connectivity index (χ2n) is 5.53. The van der Waals surface area contributed by atoms with Crippen LogP contribution in [0.2, 0.25) is 0 Å². The summed E-state index contributed by atoms with van der Waals surface area (Å²) >= 11 is 0. The van der Waals surface area contributed by atoms with Crippen LogP contribution in [0.3, 0.4) is 0 Å². The Hall–Kier alpha value is -1.81. The van der Waals surface area contributed by atoms with E-state index in [0.29, 0.717) is 12.5 Å². The number of aromatic nitrogens is 1. The van der Waals surface area contributed by atoms with Gasteiger partial charge in [-0.1, -0.05) is 26.0 Å². The summed E-state index contributed by atoms with van der Waals surface area (Å²) in [5, 5.41) is 7.27. The third-order valence-corrected chi connectivity index (χ3v) is 3.31. The molecule has 108 valence electrons. The van der Waals surface area contributed by atoms with E-state index >= 15 is 0 Å². The van der Waals surface area contributed by atoms with E-state index in [0.717, 1.165) is 18.6 Å². The van der Waals surface area contributed by atoms with E-state index in [1.807, 2.05) is 16.8 Å². The fraction of sp³-hybridized carbons (Fsp3) is 0.438. The Labute approximate surface area is 120 Å². The van der Waals surface area contributed by atoms with Crippen molar-refractivity contribution in [3.8, 4) is 0 Å². The van der Waals surface area contributed by atoms with Crippen molar-refractivity contribution in [2.75, 3.05) is 13.6 Å². The molecule has 1 amide bonds. The molecular formula is C16H23N3O. The smallest absolute Gasteiger partial charge is 0.239 e. The lowest BCUT2D eigenvalue weighted by molar-refractivity contribution is -0.121. The Morgan fingerprint density at radius 3 is 2.80 bits per heavy atom. The van der Waals surface area contributed by atoms with Crippen LogP contribution in [0.25, 0.3) is 10.9 Å². The number of fused-ring (bicyclic) bond motifs is 1. The molecule has 20 heavy (non-hydrogen) atoms. The van der Waals surface area contributed by atoms with Gasteiger partial charge in [-0.25, -0.2) is 0 Å². The summed E-state index contributed by atoms with van der Waals surface area (Å²) in [5.74, 6) is 0.668. The van der Waals surface area contributed by atoms with Crippen LogP contribution in [-0.2, 0) is 17.9 Å². The maximum Gasteiger partial charge on any atom is 0.239 e. The normalized spacial score (nSPS) is 11.2. The number of nitrogens with zero attached hydrogens (tertiary/aromatic N) is 1. The van der Waals surface area contributed by atoms with Crippen LogP contribution < -0.4 is 10.6 Å². The van der Waals surface area contributed by atoms with Crippen LogP contribution in [0.15, 0.2) is 30.5 Å². The molecule has 0 saturated carbocycles. The highest BCUT2D eigenvalue weighted by molar-refractivity contribution is 5.83. The highest BCUT2D eigenvalue weighted by Gasteiger charge is 2.05. The number of carbonyl (C=O) groups excluding carboxylic acids is 1. The lowest BCUT2D eigenvalue weighted by Crippen LogP contribution is -2.23. The third kappa shape index (κ3) is 3.61. The average Bonchev–Trinajstić information content (AvgIpc) is 2.81. The van der Waals surface area contributed by atoms with Crippen molar-refractivity contribution in [3.63, 3.8) is 0 Å². The summed E-state index contributed by atoms with van der Waals surface area (Å²) < 4.78 is 1.99. The molecule has 0 radical (unpaired) electrons. The molecule has 0 spiro atoms. The number of likely N-dealkylation sites (N-methyl/N-ethyl adjacent to an activating group) is 1. The molecule has 0 unspecified atom stereocenters. The number of amides is 1. The molecule has 0 fully saturated rings. The van der Waals surface area contributed by atoms with Gasteiger partial charge in [0.05, 0.1) is 0 Å². The zero-order valence-corrected chi connectivity index (χ0v) is 12.4. The van der Waals surface area contributed by atoms with Crippen LogP contribution in [0.5, 0.6) is 0 Å².